The highest BCUT2D eigenvalue weighted by Gasteiger charge is 2.79. The van der Waals surface area contributed by atoms with Crippen molar-refractivity contribution >= 4 is 12.1 Å². The Bertz CT molecular complexity index is 604. The van der Waals surface area contributed by atoms with Gasteiger partial charge in [-0.3, -0.25) is 4.79 Å². The van der Waals surface area contributed by atoms with Crippen LogP contribution in [0.1, 0.15) is 29.6 Å². The number of carbonyl (C=O) groups is 2. The number of hydrogen-bond donors (Lipinski definition) is 0. The summed E-state index contributed by atoms with van der Waals surface area (Å²) in [6, 6.07) is 1.89. The van der Waals surface area contributed by atoms with Crippen molar-refractivity contribution in [1.29, 1.82) is 0 Å². The van der Waals surface area contributed by atoms with Crippen molar-refractivity contribution in [3.63, 3.8) is 0 Å². The van der Waals surface area contributed by atoms with Crippen molar-refractivity contribution in [3.05, 3.63) is 35.4 Å². The maximum absolute atomic E-state index is 14.2. The zero-order valence-electron chi connectivity index (χ0n) is 10.3. The molecule has 1 aromatic carbocycles. The van der Waals surface area contributed by atoms with Crippen molar-refractivity contribution in [3.8, 4) is 0 Å². The Morgan fingerprint density at radius 3 is 2.30 bits per heavy atom. The number of Topliss-reactive ketones (excluding diaryl/α,β-unsaturated/α-hetero) is 1. The lowest BCUT2D eigenvalue weighted by Crippen LogP contribution is -2.71. The Labute approximate surface area is 111 Å². The van der Waals surface area contributed by atoms with E-state index in [2.05, 4.69) is 0 Å². The Morgan fingerprint density at radius 1 is 1.20 bits per heavy atom. The van der Waals surface area contributed by atoms with Crippen LogP contribution in [0.3, 0.4) is 0 Å². The maximum Gasteiger partial charge on any atom is 0.315 e. The summed E-state index contributed by atoms with van der Waals surface area (Å²) in [5.41, 5.74) is -3.07. The van der Waals surface area contributed by atoms with Gasteiger partial charge in [0.1, 0.15) is 17.9 Å². The van der Waals surface area contributed by atoms with Crippen LogP contribution in [0.5, 0.6) is 0 Å². The average Bonchev–Trinajstić information content (AvgIpc) is 2.24. The molecule has 0 spiro atoms. The molecule has 0 aromatic heterocycles. The van der Waals surface area contributed by atoms with Crippen molar-refractivity contribution in [2.24, 2.45) is 10.8 Å². The molecule has 106 valence electrons. The van der Waals surface area contributed by atoms with E-state index in [1.54, 1.807) is 0 Å². The molecule has 0 unspecified atom stereocenters. The fourth-order valence-electron chi connectivity index (χ4n) is 3.41. The van der Waals surface area contributed by atoms with E-state index in [1.165, 1.54) is 0 Å². The second-order valence-corrected chi connectivity index (χ2v) is 5.82. The molecule has 0 aliphatic heterocycles. The van der Waals surface area contributed by atoms with Gasteiger partial charge in [-0.05, 0) is 31.4 Å². The minimum absolute atomic E-state index is 0.0505. The van der Waals surface area contributed by atoms with Crippen LogP contribution in [0.2, 0.25) is 0 Å². The normalized spacial score (nSPS) is 31.2. The summed E-state index contributed by atoms with van der Waals surface area (Å²) in [6.45, 7) is 0. The fraction of sp³-hybridized carbons (Fsp3) is 0.429. The van der Waals surface area contributed by atoms with Gasteiger partial charge >= 0.3 is 5.92 Å². The van der Waals surface area contributed by atoms with Gasteiger partial charge in [0.15, 0.2) is 0 Å². The van der Waals surface area contributed by atoms with E-state index >= 15 is 0 Å². The molecule has 6 heteroatoms. The summed E-state index contributed by atoms with van der Waals surface area (Å²) in [5.74, 6) is -7.62. The zero-order chi connectivity index (χ0) is 14.8. The minimum Gasteiger partial charge on any atom is -0.303 e. The maximum atomic E-state index is 14.2. The van der Waals surface area contributed by atoms with Crippen LogP contribution in [-0.2, 0) is 4.79 Å². The topological polar surface area (TPSA) is 34.1 Å². The molecular weight excluding hydrogens is 276 g/mol. The summed E-state index contributed by atoms with van der Waals surface area (Å²) in [6.07, 6.45) is 0.495. The highest BCUT2D eigenvalue weighted by molar-refractivity contribution is 6.02. The van der Waals surface area contributed by atoms with Crippen LogP contribution >= 0.6 is 0 Å². The standard InChI is InChI=1S/C14H10F4O2/c15-8-1-2-9(10(16)3-8)11(20)14(17,18)13-4-12(5-13,6-13)7-19/h1-3,7H,4-6H2. The molecule has 2 bridgehead atoms. The van der Waals surface area contributed by atoms with Crippen molar-refractivity contribution in [1.82, 2.24) is 0 Å². The van der Waals surface area contributed by atoms with E-state index in [-0.39, 0.29) is 19.3 Å². The van der Waals surface area contributed by atoms with Crippen molar-refractivity contribution in [2.75, 3.05) is 0 Å². The highest BCUT2D eigenvalue weighted by Crippen LogP contribution is 2.77. The van der Waals surface area contributed by atoms with E-state index in [1.807, 2.05) is 0 Å². The van der Waals surface area contributed by atoms with Crippen LogP contribution < -0.4 is 0 Å². The van der Waals surface area contributed by atoms with Gasteiger partial charge in [-0.25, -0.2) is 8.78 Å². The van der Waals surface area contributed by atoms with Gasteiger partial charge in [0.05, 0.1) is 5.56 Å². The molecule has 0 radical (unpaired) electrons. The van der Waals surface area contributed by atoms with E-state index in [9.17, 15) is 27.2 Å². The summed E-state index contributed by atoms with van der Waals surface area (Å²) in [4.78, 5) is 22.6. The Hall–Kier alpha value is -1.72. The first kappa shape index (κ1) is 13.3. The predicted octanol–water partition coefficient (Wildman–Crippen LogP) is 3.15. The molecular formula is C14H10F4O2. The number of halogens is 4. The molecule has 3 aliphatic rings. The third-order valence-electron chi connectivity index (χ3n) is 4.45. The third-order valence-corrected chi connectivity index (χ3v) is 4.45. The van der Waals surface area contributed by atoms with Crippen LogP contribution in [0.15, 0.2) is 18.2 Å². The predicted molar refractivity (Wildman–Crippen MR) is 60.4 cm³/mol. The van der Waals surface area contributed by atoms with Gasteiger partial charge in [-0.1, -0.05) is 0 Å². The van der Waals surface area contributed by atoms with Crippen LogP contribution in [0.4, 0.5) is 17.6 Å². The number of hydrogen-bond acceptors (Lipinski definition) is 2. The lowest BCUT2D eigenvalue weighted by Gasteiger charge is -2.69. The number of ketones is 1. The molecule has 3 aliphatic carbocycles. The number of benzene rings is 1. The van der Waals surface area contributed by atoms with E-state index < -0.39 is 39.7 Å². The van der Waals surface area contributed by atoms with Gasteiger partial charge in [-0.15, -0.1) is 0 Å². The second kappa shape index (κ2) is 3.68. The molecule has 4 rings (SSSR count). The molecule has 3 saturated carbocycles. The Balaban J connectivity index is 1.89. The number of rotatable bonds is 4. The molecule has 0 heterocycles. The fourth-order valence-corrected chi connectivity index (χ4v) is 3.41. The largest absolute Gasteiger partial charge is 0.315 e. The van der Waals surface area contributed by atoms with E-state index in [4.69, 9.17) is 0 Å². The minimum atomic E-state index is -3.74. The quantitative estimate of drug-likeness (QED) is 0.484. The summed E-state index contributed by atoms with van der Waals surface area (Å²) in [5, 5.41) is 0. The van der Waals surface area contributed by atoms with Gasteiger partial charge < -0.3 is 4.79 Å². The van der Waals surface area contributed by atoms with Gasteiger partial charge in [-0.2, -0.15) is 8.78 Å². The molecule has 0 amide bonds. The van der Waals surface area contributed by atoms with Gasteiger partial charge in [0.25, 0.3) is 0 Å². The lowest BCUT2D eigenvalue weighted by molar-refractivity contribution is -0.275. The van der Waals surface area contributed by atoms with Crippen LogP contribution in [-0.4, -0.2) is 18.0 Å². The number of carbonyl (C=O) groups excluding carboxylic acids is 2. The first-order valence-electron chi connectivity index (χ1n) is 6.09. The lowest BCUT2D eigenvalue weighted by atomic mass is 9.33. The molecule has 2 nitrogen and oxygen atoms in total. The van der Waals surface area contributed by atoms with E-state index in [0.29, 0.717) is 12.4 Å². The van der Waals surface area contributed by atoms with Crippen LogP contribution in [0, 0.1) is 22.5 Å². The summed E-state index contributed by atoms with van der Waals surface area (Å²) in [7, 11) is 0. The Kier molecular flexibility index (Phi) is 2.44. The third kappa shape index (κ3) is 1.45. The number of alkyl halides is 2. The SMILES string of the molecule is O=CC12CC(C(F)(F)C(=O)c3ccc(F)cc3F)(C1)C2. The zero-order valence-corrected chi connectivity index (χ0v) is 10.3. The number of aldehydes is 1. The smallest absolute Gasteiger partial charge is 0.303 e. The molecule has 0 atom stereocenters. The molecule has 3 fully saturated rings. The van der Waals surface area contributed by atoms with Crippen molar-refractivity contribution in [2.45, 2.75) is 25.2 Å². The van der Waals surface area contributed by atoms with Gasteiger partial charge in [0.2, 0.25) is 5.78 Å². The second-order valence-electron chi connectivity index (χ2n) is 5.82. The van der Waals surface area contributed by atoms with Crippen molar-refractivity contribution < 1.29 is 27.2 Å². The summed E-state index contributed by atoms with van der Waals surface area (Å²) >= 11 is 0. The first-order chi connectivity index (χ1) is 9.25. The highest BCUT2D eigenvalue weighted by atomic mass is 19.3. The van der Waals surface area contributed by atoms with Crippen LogP contribution in [0.25, 0.3) is 0 Å². The molecule has 0 saturated heterocycles. The molecule has 20 heavy (non-hydrogen) atoms. The molecule has 0 N–H and O–H groups in total. The monoisotopic (exact) mass is 286 g/mol. The Morgan fingerprint density at radius 2 is 1.80 bits per heavy atom. The van der Waals surface area contributed by atoms with E-state index in [0.717, 1.165) is 12.1 Å². The first-order valence-corrected chi connectivity index (χ1v) is 6.09. The van der Waals surface area contributed by atoms with Gasteiger partial charge in [0, 0.05) is 16.9 Å². The molecule has 1 aromatic rings. The summed E-state index contributed by atoms with van der Waals surface area (Å²) < 4.78 is 54.7. The average molecular weight is 286 g/mol.